The number of unbranched alkanes of at least 4 members (excludes halogenated alkanes) is 33. The van der Waals surface area contributed by atoms with Crippen molar-refractivity contribution in [1.82, 2.24) is 0 Å². The fraction of sp³-hybridized carbons (Fsp3) is 0.793. The van der Waals surface area contributed by atoms with E-state index in [1.807, 2.05) is 0 Å². The first-order valence-electron chi connectivity index (χ1n) is 27.1. The Kier molecular flexibility index (Phi) is 43.1. The number of quaternary nitrogens is 1. The topological polar surface area (TPSA) is 0 Å². The van der Waals surface area contributed by atoms with Gasteiger partial charge >= 0.3 is 0 Å². The highest BCUT2D eigenvalue weighted by atomic mass is 15.3. The molecule has 0 saturated carbocycles. The van der Waals surface area contributed by atoms with Gasteiger partial charge in [-0.25, -0.2) is 0 Å². The van der Waals surface area contributed by atoms with E-state index in [-0.39, 0.29) is 0 Å². The predicted octanol–water partition coefficient (Wildman–Crippen LogP) is 19.9. The lowest BCUT2D eigenvalue weighted by molar-refractivity contribution is -0.941. The molecule has 0 aliphatic heterocycles. The van der Waals surface area contributed by atoms with Crippen LogP contribution in [0.4, 0.5) is 0 Å². The van der Waals surface area contributed by atoms with Crippen molar-refractivity contribution >= 4 is 0 Å². The molecule has 1 rings (SSSR count). The lowest BCUT2D eigenvalue weighted by atomic mass is 10.0. The molecule has 0 spiro atoms. The number of benzene rings is 1. The summed E-state index contributed by atoms with van der Waals surface area (Å²) in [6.45, 7) is 12.1. The second kappa shape index (κ2) is 45.9. The second-order valence-electron chi connectivity index (χ2n) is 18.8. The Balaban J connectivity index is 2.49. The zero-order chi connectivity index (χ0) is 42.3. The van der Waals surface area contributed by atoms with Gasteiger partial charge in [0.25, 0.3) is 0 Å². The molecular formula is C58H106N+. The third-order valence-electron chi connectivity index (χ3n) is 13.1. The van der Waals surface area contributed by atoms with E-state index in [1.165, 1.54) is 281 Å². The summed E-state index contributed by atoms with van der Waals surface area (Å²) in [5.41, 5.74) is 1.57. The van der Waals surface area contributed by atoms with Crippen LogP contribution in [0, 0.1) is 0 Å². The van der Waals surface area contributed by atoms with Crippen molar-refractivity contribution in [2.75, 3.05) is 19.6 Å². The van der Waals surface area contributed by atoms with Gasteiger partial charge in [0.05, 0.1) is 19.6 Å². The summed E-state index contributed by atoms with van der Waals surface area (Å²) in [6, 6.07) is 11.6. The summed E-state index contributed by atoms with van der Waals surface area (Å²) in [5, 5.41) is 0. The van der Waals surface area contributed by atoms with Crippen molar-refractivity contribution in [3.8, 4) is 0 Å². The quantitative estimate of drug-likeness (QED) is 0.0349. The van der Waals surface area contributed by atoms with Crippen molar-refractivity contribution in [3.05, 3.63) is 72.4 Å². The normalized spacial score (nSPS) is 12.3. The Morgan fingerprint density at radius 3 is 0.780 bits per heavy atom. The van der Waals surface area contributed by atoms with Crippen LogP contribution in [0.1, 0.15) is 277 Å². The van der Waals surface area contributed by atoms with E-state index in [2.05, 4.69) is 87.6 Å². The van der Waals surface area contributed by atoms with Crippen molar-refractivity contribution in [2.45, 2.75) is 278 Å². The van der Waals surface area contributed by atoms with E-state index in [0.29, 0.717) is 0 Å². The smallest absolute Gasteiger partial charge is 0.104 e. The maximum Gasteiger partial charge on any atom is 0.104 e. The zero-order valence-electron chi connectivity index (χ0n) is 40.7. The molecule has 0 aliphatic carbocycles. The van der Waals surface area contributed by atoms with Gasteiger partial charge in [0.2, 0.25) is 0 Å². The maximum atomic E-state index is 2.42. The molecule has 0 bridgehead atoms. The average molecular weight is 817 g/mol. The van der Waals surface area contributed by atoms with Gasteiger partial charge in [0, 0.05) is 5.56 Å². The van der Waals surface area contributed by atoms with Gasteiger partial charge < -0.3 is 4.48 Å². The molecule has 0 atom stereocenters. The van der Waals surface area contributed by atoms with Gasteiger partial charge in [-0.1, -0.05) is 242 Å². The van der Waals surface area contributed by atoms with Gasteiger partial charge in [-0.2, -0.15) is 0 Å². The third kappa shape index (κ3) is 39.0. The molecular weight excluding hydrogens is 711 g/mol. The monoisotopic (exact) mass is 817 g/mol. The lowest BCUT2D eigenvalue weighted by Crippen LogP contribution is -2.49. The first-order valence-corrected chi connectivity index (χ1v) is 27.1. The standard InChI is InChI=1S/C58H106N/c1-4-7-10-13-16-19-22-25-28-31-34-37-40-43-49-54-59(57-58-52-47-46-48-53-58,55-50-44-41-38-35-32-29-26-23-20-17-14-11-8-5-2)56-51-45-42-39-36-33-30-27-24-21-18-15-12-9-6-3/h7-12,46-48,52-53H,4-6,13-45,49-51,54-57H2,1-3H3/q+1/b10-7+,11-8+,12-9+. The molecule has 1 heteroatoms. The lowest BCUT2D eigenvalue weighted by Gasteiger charge is -2.39. The number of hydrogen-bond acceptors (Lipinski definition) is 0. The summed E-state index contributed by atoms with van der Waals surface area (Å²) in [4.78, 5) is 0. The average Bonchev–Trinajstić information content (AvgIpc) is 3.25. The fourth-order valence-corrected chi connectivity index (χ4v) is 9.30. The van der Waals surface area contributed by atoms with Crippen LogP contribution in [0.5, 0.6) is 0 Å². The van der Waals surface area contributed by atoms with E-state index in [0.717, 1.165) is 0 Å². The van der Waals surface area contributed by atoms with Gasteiger partial charge in [-0.05, 0) is 96.3 Å². The van der Waals surface area contributed by atoms with E-state index < -0.39 is 0 Å². The minimum absolute atomic E-state index is 1.19. The number of allylic oxidation sites excluding steroid dienone is 6. The maximum absolute atomic E-state index is 2.42. The van der Waals surface area contributed by atoms with Crippen LogP contribution in [0.2, 0.25) is 0 Å². The Morgan fingerprint density at radius 2 is 0.525 bits per heavy atom. The van der Waals surface area contributed by atoms with Crippen molar-refractivity contribution in [2.24, 2.45) is 0 Å². The molecule has 0 saturated heterocycles. The molecule has 0 unspecified atom stereocenters. The molecule has 0 aromatic heterocycles. The summed E-state index contributed by atoms with van der Waals surface area (Å²) >= 11 is 0. The number of rotatable bonds is 47. The first kappa shape index (κ1) is 55.4. The molecule has 0 N–H and O–H groups in total. The molecule has 0 heterocycles. The van der Waals surface area contributed by atoms with Crippen LogP contribution >= 0.6 is 0 Å². The van der Waals surface area contributed by atoms with E-state index in [4.69, 9.17) is 0 Å². The van der Waals surface area contributed by atoms with Gasteiger partial charge in [0.15, 0.2) is 0 Å². The van der Waals surface area contributed by atoms with Crippen LogP contribution < -0.4 is 0 Å². The summed E-state index contributed by atoms with van der Waals surface area (Å²) in [7, 11) is 0. The van der Waals surface area contributed by atoms with Crippen molar-refractivity contribution in [3.63, 3.8) is 0 Å². The molecule has 0 fully saturated rings. The highest BCUT2D eigenvalue weighted by Gasteiger charge is 2.26. The molecule has 342 valence electrons. The summed E-state index contributed by atoms with van der Waals surface area (Å²) in [6.07, 6.45) is 69.0. The van der Waals surface area contributed by atoms with E-state index in [1.54, 1.807) is 5.56 Å². The molecule has 0 aliphatic rings. The number of hydrogen-bond donors (Lipinski definition) is 0. The molecule has 0 radical (unpaired) electrons. The fourth-order valence-electron chi connectivity index (χ4n) is 9.30. The summed E-state index contributed by atoms with van der Waals surface area (Å²) in [5.74, 6) is 0. The second-order valence-corrected chi connectivity index (χ2v) is 18.8. The zero-order valence-corrected chi connectivity index (χ0v) is 40.7. The van der Waals surface area contributed by atoms with Crippen LogP contribution in [0.3, 0.4) is 0 Å². The van der Waals surface area contributed by atoms with Crippen LogP contribution in [-0.4, -0.2) is 24.1 Å². The van der Waals surface area contributed by atoms with Crippen molar-refractivity contribution in [1.29, 1.82) is 0 Å². The first-order chi connectivity index (χ1) is 29.3. The third-order valence-corrected chi connectivity index (χ3v) is 13.1. The van der Waals surface area contributed by atoms with Crippen molar-refractivity contribution < 1.29 is 4.48 Å². The molecule has 0 amide bonds. The van der Waals surface area contributed by atoms with E-state index in [9.17, 15) is 0 Å². The Labute approximate surface area is 372 Å². The molecule has 59 heavy (non-hydrogen) atoms. The van der Waals surface area contributed by atoms with Crippen LogP contribution in [0.25, 0.3) is 0 Å². The van der Waals surface area contributed by atoms with Gasteiger partial charge in [-0.15, -0.1) is 0 Å². The Morgan fingerprint density at radius 1 is 0.288 bits per heavy atom. The molecule has 1 nitrogen and oxygen atoms in total. The minimum atomic E-state index is 1.19. The van der Waals surface area contributed by atoms with Gasteiger partial charge in [-0.3, -0.25) is 0 Å². The Hall–Kier alpha value is -1.60. The van der Waals surface area contributed by atoms with Crippen LogP contribution in [-0.2, 0) is 6.54 Å². The minimum Gasteiger partial charge on any atom is -0.320 e. The SMILES string of the molecule is CC/C=C/CCCCCCCCCCCCC[N+](CCCCCCCCCCCCC/C=C/CC)(CCCCCCCCCCCCC/C=C/CC)Cc1ccccc1. The van der Waals surface area contributed by atoms with Crippen LogP contribution in [0.15, 0.2) is 66.8 Å². The highest BCUT2D eigenvalue weighted by Crippen LogP contribution is 2.23. The predicted molar refractivity (Wildman–Crippen MR) is 270 cm³/mol. The van der Waals surface area contributed by atoms with E-state index >= 15 is 0 Å². The molecule has 1 aromatic rings. The summed E-state index contributed by atoms with van der Waals surface area (Å²) < 4.78 is 1.35. The molecule has 1 aromatic carbocycles. The highest BCUT2D eigenvalue weighted by molar-refractivity contribution is 5.13. The number of nitrogens with zero attached hydrogens (tertiary/aromatic N) is 1. The Bertz CT molecular complexity index is 921. The largest absolute Gasteiger partial charge is 0.320 e. The van der Waals surface area contributed by atoms with Gasteiger partial charge in [0.1, 0.15) is 6.54 Å².